The van der Waals surface area contributed by atoms with Crippen molar-refractivity contribution >= 4 is 28.7 Å². The maximum atomic E-state index is 14.5. The minimum Gasteiger partial charge on any atom is -0.504 e. The molecule has 0 unspecified atom stereocenters. The van der Waals surface area contributed by atoms with Crippen LogP contribution in [-0.4, -0.2) is 43.2 Å². The Kier molecular flexibility index (Phi) is 5.86. The summed E-state index contributed by atoms with van der Waals surface area (Å²) in [7, 11) is 1.80. The third kappa shape index (κ3) is 3.63. The largest absolute Gasteiger partial charge is 0.504 e. The normalized spacial score (nSPS) is 10.9. The lowest BCUT2D eigenvalue weighted by atomic mass is 10.1. The number of aromatic amines is 1. The number of phenols is 3. The molecule has 5 N–H and O–H groups in total. The maximum Gasteiger partial charge on any atom is 0.262 e. The first-order chi connectivity index (χ1) is 14.3. The number of hydrogen-bond acceptors (Lipinski definition) is 10. The van der Waals surface area contributed by atoms with Crippen LogP contribution in [0.15, 0.2) is 23.3 Å². The van der Waals surface area contributed by atoms with Crippen molar-refractivity contribution in [1.29, 1.82) is 5.26 Å². The molecule has 12 heteroatoms. The zero-order valence-corrected chi connectivity index (χ0v) is 16.5. The number of aromatic nitrogens is 2. The fourth-order valence-electron chi connectivity index (χ4n) is 2.49. The van der Waals surface area contributed by atoms with Gasteiger partial charge in [0.2, 0.25) is 11.5 Å². The molecule has 0 fully saturated rings. The zero-order chi connectivity index (χ0) is 22.0. The van der Waals surface area contributed by atoms with Crippen LogP contribution in [0.4, 0.5) is 10.1 Å². The number of benzene rings is 2. The van der Waals surface area contributed by atoms with E-state index in [1.807, 2.05) is 11.2 Å². The van der Waals surface area contributed by atoms with Crippen LogP contribution in [0.25, 0.3) is 10.9 Å². The summed E-state index contributed by atoms with van der Waals surface area (Å²) in [4.78, 5) is 18.0. The van der Waals surface area contributed by atoms with Gasteiger partial charge in [0.15, 0.2) is 23.1 Å². The average Bonchev–Trinajstić information content (AvgIpc) is 2.74. The second kappa shape index (κ2) is 8.36. The Morgan fingerprint density at radius 2 is 2.03 bits per heavy atom. The van der Waals surface area contributed by atoms with Crippen molar-refractivity contribution in [2.75, 3.05) is 18.3 Å². The first-order valence-corrected chi connectivity index (χ1v) is 9.26. The molecule has 0 saturated carbocycles. The first-order valence-electron chi connectivity index (χ1n) is 8.48. The highest BCUT2D eigenvalue weighted by atomic mass is 32.2. The van der Waals surface area contributed by atoms with Crippen LogP contribution in [0.5, 0.6) is 28.7 Å². The number of H-pyrrole nitrogens is 1. The molecule has 0 aliphatic rings. The molecule has 0 aliphatic heterocycles. The van der Waals surface area contributed by atoms with Gasteiger partial charge < -0.3 is 29.8 Å². The van der Waals surface area contributed by atoms with Crippen molar-refractivity contribution < 1.29 is 24.4 Å². The molecule has 0 aliphatic carbocycles. The lowest BCUT2D eigenvalue weighted by Crippen LogP contribution is -2.11. The van der Waals surface area contributed by atoms with Gasteiger partial charge in [-0.25, -0.2) is 13.7 Å². The van der Waals surface area contributed by atoms with E-state index in [9.17, 15) is 29.8 Å². The van der Waals surface area contributed by atoms with Crippen LogP contribution < -0.4 is 15.0 Å². The van der Waals surface area contributed by atoms with Crippen molar-refractivity contribution in [1.82, 2.24) is 14.3 Å². The highest BCUT2D eigenvalue weighted by Crippen LogP contribution is 2.50. The van der Waals surface area contributed by atoms with Crippen LogP contribution >= 0.6 is 12.1 Å². The Labute approximate surface area is 173 Å². The van der Waals surface area contributed by atoms with Gasteiger partial charge in [-0.05, 0) is 19.2 Å². The van der Waals surface area contributed by atoms with Gasteiger partial charge in [0.05, 0.1) is 12.0 Å². The third-order valence-electron chi connectivity index (χ3n) is 4.15. The van der Waals surface area contributed by atoms with Crippen LogP contribution in [0.2, 0.25) is 0 Å². The number of fused-ring (bicyclic) bond motifs is 1. The van der Waals surface area contributed by atoms with Crippen molar-refractivity contribution in [2.24, 2.45) is 0 Å². The highest BCUT2D eigenvalue weighted by molar-refractivity contribution is 7.98. The zero-order valence-electron chi connectivity index (χ0n) is 15.7. The standard InChI is InChI=1S/C18H16FN5O5S/c1-3-24(2)30-23-10-5-4-9(19)16(8(10)6-20)29-17-13(25)11-12(14(26)15(17)27)21-7-22-18(11)28/h4-5,7,23,25-27H,3H2,1-2H3,(H,21,22,28). The van der Waals surface area contributed by atoms with Gasteiger partial charge >= 0.3 is 0 Å². The second-order valence-electron chi connectivity index (χ2n) is 5.98. The van der Waals surface area contributed by atoms with Gasteiger partial charge in [0.25, 0.3) is 5.56 Å². The average molecular weight is 433 g/mol. The molecule has 3 rings (SSSR count). The minimum atomic E-state index is -0.972. The lowest BCUT2D eigenvalue weighted by molar-refractivity contribution is 0.349. The Balaban J connectivity index is 2.15. The number of rotatable bonds is 6. The molecular formula is C18H16FN5O5S. The summed E-state index contributed by atoms with van der Waals surface area (Å²) in [5.74, 6) is -5.09. The summed E-state index contributed by atoms with van der Waals surface area (Å²) in [6, 6.07) is 4.15. The molecule has 0 spiro atoms. The molecular weight excluding hydrogens is 417 g/mol. The fraction of sp³-hybridized carbons (Fsp3) is 0.167. The van der Waals surface area contributed by atoms with E-state index >= 15 is 0 Å². The molecule has 3 aromatic rings. The first kappa shape index (κ1) is 21.0. The van der Waals surface area contributed by atoms with E-state index in [1.165, 1.54) is 6.07 Å². The molecule has 10 nitrogen and oxygen atoms in total. The van der Waals surface area contributed by atoms with E-state index in [4.69, 9.17) is 4.74 Å². The number of phenolic OH excluding ortho intramolecular Hbond substituents is 3. The van der Waals surface area contributed by atoms with Crippen molar-refractivity contribution in [3.05, 3.63) is 40.2 Å². The SMILES string of the molecule is CCN(C)SNc1ccc(F)c(Oc2c(O)c(O)c3nc[nH]c(=O)c3c2O)c1C#N. The summed E-state index contributed by atoms with van der Waals surface area (Å²) in [5.41, 5.74) is -1.25. The van der Waals surface area contributed by atoms with E-state index in [1.54, 1.807) is 13.1 Å². The second-order valence-corrected chi connectivity index (χ2v) is 6.99. The van der Waals surface area contributed by atoms with Crippen molar-refractivity contribution in [3.8, 4) is 34.8 Å². The predicted molar refractivity (Wildman–Crippen MR) is 108 cm³/mol. The van der Waals surface area contributed by atoms with Crippen LogP contribution in [0.3, 0.4) is 0 Å². The quantitative estimate of drug-likeness (QED) is 0.223. The summed E-state index contributed by atoms with van der Waals surface area (Å²) in [6.45, 7) is 2.60. The van der Waals surface area contributed by atoms with E-state index < -0.39 is 45.5 Å². The molecule has 2 aromatic carbocycles. The van der Waals surface area contributed by atoms with Crippen LogP contribution in [0.1, 0.15) is 12.5 Å². The molecule has 1 heterocycles. The number of hydrogen-bond donors (Lipinski definition) is 5. The van der Waals surface area contributed by atoms with Crippen LogP contribution in [-0.2, 0) is 0 Å². The predicted octanol–water partition coefficient (Wildman–Crippen LogP) is 2.77. The highest BCUT2D eigenvalue weighted by Gasteiger charge is 2.26. The third-order valence-corrected chi connectivity index (χ3v) is 5.03. The van der Waals surface area contributed by atoms with E-state index in [0.29, 0.717) is 6.54 Å². The van der Waals surface area contributed by atoms with Gasteiger partial charge in [0, 0.05) is 18.7 Å². The number of halogens is 1. The van der Waals surface area contributed by atoms with Gasteiger partial charge in [-0.15, -0.1) is 0 Å². The Hall–Kier alpha value is -3.69. The van der Waals surface area contributed by atoms with E-state index in [-0.39, 0.29) is 16.8 Å². The Morgan fingerprint density at radius 1 is 1.30 bits per heavy atom. The lowest BCUT2D eigenvalue weighted by Gasteiger charge is -2.17. The van der Waals surface area contributed by atoms with Gasteiger partial charge in [-0.3, -0.25) is 4.79 Å². The van der Waals surface area contributed by atoms with Gasteiger partial charge in [-0.2, -0.15) is 5.26 Å². The van der Waals surface area contributed by atoms with Crippen molar-refractivity contribution in [2.45, 2.75) is 6.92 Å². The number of nitriles is 1. The van der Waals surface area contributed by atoms with Gasteiger partial charge in [-0.1, -0.05) is 6.92 Å². The molecule has 0 saturated heterocycles. The maximum absolute atomic E-state index is 14.5. The molecule has 30 heavy (non-hydrogen) atoms. The van der Waals surface area contributed by atoms with Gasteiger partial charge in [0.1, 0.15) is 22.5 Å². The Bertz CT molecular complexity index is 1230. The van der Waals surface area contributed by atoms with Crippen LogP contribution in [0, 0.1) is 17.1 Å². The number of ether oxygens (including phenoxy) is 1. The molecule has 0 atom stereocenters. The number of nitrogens with zero attached hydrogens (tertiary/aromatic N) is 3. The van der Waals surface area contributed by atoms with E-state index in [2.05, 4.69) is 14.7 Å². The minimum absolute atomic E-state index is 0.211. The number of anilines is 1. The summed E-state index contributed by atoms with van der Waals surface area (Å²) >= 11 is 1.15. The topological polar surface area (TPSA) is 155 Å². The monoisotopic (exact) mass is 433 g/mol. The molecule has 0 bridgehead atoms. The molecule has 156 valence electrons. The van der Waals surface area contributed by atoms with E-state index in [0.717, 1.165) is 24.5 Å². The fourth-order valence-corrected chi connectivity index (χ4v) is 3.04. The summed E-state index contributed by atoms with van der Waals surface area (Å²) in [6.07, 6.45) is 0.970. The number of aromatic hydroxyl groups is 3. The summed E-state index contributed by atoms with van der Waals surface area (Å²) < 4.78 is 24.5. The molecule has 0 radical (unpaired) electrons. The molecule has 1 aromatic heterocycles. The molecule has 0 amide bonds. The number of nitrogens with one attached hydrogen (secondary N) is 2. The summed E-state index contributed by atoms with van der Waals surface area (Å²) in [5, 5.41) is 39.9. The Morgan fingerprint density at radius 3 is 2.70 bits per heavy atom. The van der Waals surface area contributed by atoms with Crippen molar-refractivity contribution in [3.63, 3.8) is 0 Å². The smallest absolute Gasteiger partial charge is 0.262 e.